The van der Waals surface area contributed by atoms with Gasteiger partial charge < -0.3 is 10.6 Å². The second kappa shape index (κ2) is 5.66. The van der Waals surface area contributed by atoms with Crippen LogP contribution in [0.4, 0.5) is 0 Å². The molecule has 0 radical (unpaired) electrons. The fraction of sp³-hybridized carbons (Fsp3) is 0.462. The molecule has 1 atom stereocenters. The number of rotatable bonds is 4. The molecule has 0 saturated heterocycles. The number of likely N-dealkylation sites (N-methyl/N-ethyl adjacent to an activating group) is 1. The summed E-state index contributed by atoms with van der Waals surface area (Å²) in [4.78, 5) is 13.2. The van der Waals surface area contributed by atoms with E-state index in [4.69, 9.17) is 5.73 Å². The number of carbonyl (C=O) groups is 1. The summed E-state index contributed by atoms with van der Waals surface area (Å²) >= 11 is 0. The van der Waals surface area contributed by atoms with E-state index in [-0.39, 0.29) is 5.91 Å². The van der Waals surface area contributed by atoms with Crippen LogP contribution in [0.25, 0.3) is 0 Å². The van der Waals surface area contributed by atoms with Gasteiger partial charge in [0.15, 0.2) is 0 Å². The molecule has 0 bridgehead atoms. The van der Waals surface area contributed by atoms with Gasteiger partial charge >= 0.3 is 0 Å². The van der Waals surface area contributed by atoms with Gasteiger partial charge in [0.05, 0.1) is 6.04 Å². The third-order valence-electron chi connectivity index (χ3n) is 2.62. The summed E-state index contributed by atoms with van der Waals surface area (Å²) in [6.07, 6.45) is 1.04. The van der Waals surface area contributed by atoms with Crippen molar-refractivity contribution in [2.24, 2.45) is 5.73 Å². The number of hydrogen-bond acceptors (Lipinski definition) is 2. The van der Waals surface area contributed by atoms with Crippen LogP contribution in [0.1, 0.15) is 25.0 Å². The summed E-state index contributed by atoms with van der Waals surface area (Å²) in [5, 5.41) is 0. The second-order valence-electron chi connectivity index (χ2n) is 4.15. The predicted molar refractivity (Wildman–Crippen MR) is 65.9 cm³/mol. The fourth-order valence-corrected chi connectivity index (χ4v) is 1.58. The van der Waals surface area contributed by atoms with Crippen LogP contribution in [0, 0.1) is 0 Å². The van der Waals surface area contributed by atoms with Crippen molar-refractivity contribution in [2.75, 3.05) is 7.05 Å². The molecule has 0 aliphatic carbocycles. The molecule has 1 aromatic rings. The Morgan fingerprint density at radius 3 is 2.25 bits per heavy atom. The molecule has 3 nitrogen and oxygen atoms in total. The van der Waals surface area contributed by atoms with E-state index in [1.807, 2.05) is 0 Å². The topological polar surface area (TPSA) is 46.3 Å². The van der Waals surface area contributed by atoms with Gasteiger partial charge in [0, 0.05) is 13.6 Å². The molecule has 0 fully saturated rings. The molecule has 0 aromatic heterocycles. The SMILES string of the molecule is CCc1ccc(CN(C)C(=O)C(C)N)cc1. The van der Waals surface area contributed by atoms with Crippen molar-refractivity contribution in [1.82, 2.24) is 4.90 Å². The Bertz CT molecular complexity index is 343. The summed E-state index contributed by atoms with van der Waals surface area (Å²) in [5.74, 6) is -0.0282. The van der Waals surface area contributed by atoms with Crippen LogP contribution < -0.4 is 5.73 Å². The highest BCUT2D eigenvalue weighted by molar-refractivity contribution is 5.80. The lowest BCUT2D eigenvalue weighted by Crippen LogP contribution is -2.39. The lowest BCUT2D eigenvalue weighted by molar-refractivity contribution is -0.131. The summed E-state index contributed by atoms with van der Waals surface area (Å²) in [6, 6.07) is 7.88. The van der Waals surface area contributed by atoms with Gasteiger partial charge in [-0.2, -0.15) is 0 Å². The molecule has 0 aliphatic heterocycles. The smallest absolute Gasteiger partial charge is 0.239 e. The van der Waals surface area contributed by atoms with Gasteiger partial charge in [-0.25, -0.2) is 0 Å². The van der Waals surface area contributed by atoms with Crippen molar-refractivity contribution in [3.05, 3.63) is 35.4 Å². The fourth-order valence-electron chi connectivity index (χ4n) is 1.58. The lowest BCUT2D eigenvalue weighted by atomic mass is 10.1. The number of benzene rings is 1. The molecule has 0 aliphatic rings. The Labute approximate surface area is 97.2 Å². The molecule has 88 valence electrons. The van der Waals surface area contributed by atoms with Crippen LogP contribution in [-0.4, -0.2) is 23.9 Å². The second-order valence-corrected chi connectivity index (χ2v) is 4.15. The zero-order valence-corrected chi connectivity index (χ0v) is 10.2. The van der Waals surface area contributed by atoms with E-state index in [2.05, 4.69) is 31.2 Å². The minimum atomic E-state index is -0.431. The monoisotopic (exact) mass is 220 g/mol. The van der Waals surface area contributed by atoms with Crippen LogP contribution in [-0.2, 0) is 17.8 Å². The number of nitrogens with zero attached hydrogens (tertiary/aromatic N) is 1. The molecule has 0 spiro atoms. The van der Waals surface area contributed by atoms with E-state index in [1.165, 1.54) is 5.56 Å². The molecule has 1 unspecified atom stereocenters. The highest BCUT2D eigenvalue weighted by Crippen LogP contribution is 2.07. The van der Waals surface area contributed by atoms with Crippen molar-refractivity contribution >= 4 is 5.91 Å². The maximum absolute atomic E-state index is 11.6. The Kier molecular flexibility index (Phi) is 4.50. The summed E-state index contributed by atoms with van der Waals surface area (Å²) in [7, 11) is 1.78. The van der Waals surface area contributed by atoms with E-state index in [1.54, 1.807) is 18.9 Å². The minimum absolute atomic E-state index is 0.0282. The van der Waals surface area contributed by atoms with Gasteiger partial charge in [-0.1, -0.05) is 31.2 Å². The molecule has 2 N–H and O–H groups in total. The van der Waals surface area contributed by atoms with Crippen LogP contribution in [0.5, 0.6) is 0 Å². The zero-order chi connectivity index (χ0) is 12.1. The zero-order valence-electron chi connectivity index (χ0n) is 10.2. The first kappa shape index (κ1) is 12.7. The Hall–Kier alpha value is -1.35. The number of hydrogen-bond donors (Lipinski definition) is 1. The molecular weight excluding hydrogens is 200 g/mol. The van der Waals surface area contributed by atoms with E-state index in [0.29, 0.717) is 6.54 Å². The van der Waals surface area contributed by atoms with Gasteiger partial charge in [0.2, 0.25) is 5.91 Å². The first-order chi connectivity index (χ1) is 7.54. The quantitative estimate of drug-likeness (QED) is 0.837. The van der Waals surface area contributed by atoms with Crippen LogP contribution in [0.15, 0.2) is 24.3 Å². The van der Waals surface area contributed by atoms with Crippen molar-refractivity contribution < 1.29 is 4.79 Å². The Balaban J connectivity index is 2.62. The van der Waals surface area contributed by atoms with E-state index in [9.17, 15) is 4.79 Å². The van der Waals surface area contributed by atoms with Crippen molar-refractivity contribution in [3.63, 3.8) is 0 Å². The van der Waals surface area contributed by atoms with Crippen LogP contribution in [0.3, 0.4) is 0 Å². The average Bonchev–Trinajstić information content (AvgIpc) is 2.28. The van der Waals surface area contributed by atoms with Crippen molar-refractivity contribution in [2.45, 2.75) is 32.9 Å². The van der Waals surface area contributed by atoms with Crippen LogP contribution >= 0.6 is 0 Å². The number of amides is 1. The molecule has 0 saturated carbocycles. The van der Waals surface area contributed by atoms with E-state index < -0.39 is 6.04 Å². The molecule has 1 aromatic carbocycles. The Morgan fingerprint density at radius 1 is 1.31 bits per heavy atom. The van der Waals surface area contributed by atoms with Crippen molar-refractivity contribution in [1.29, 1.82) is 0 Å². The molecule has 16 heavy (non-hydrogen) atoms. The highest BCUT2D eigenvalue weighted by Gasteiger charge is 2.13. The molecular formula is C13H20N2O. The lowest BCUT2D eigenvalue weighted by Gasteiger charge is -2.19. The van der Waals surface area contributed by atoms with Crippen molar-refractivity contribution in [3.8, 4) is 0 Å². The minimum Gasteiger partial charge on any atom is -0.340 e. The van der Waals surface area contributed by atoms with E-state index >= 15 is 0 Å². The molecule has 1 amide bonds. The largest absolute Gasteiger partial charge is 0.340 e. The summed E-state index contributed by atoms with van der Waals surface area (Å²) in [6.45, 7) is 4.45. The standard InChI is InChI=1S/C13H20N2O/c1-4-11-5-7-12(8-6-11)9-15(3)13(16)10(2)14/h5-8,10H,4,9,14H2,1-3H3. The molecule has 0 heterocycles. The normalized spacial score (nSPS) is 12.2. The van der Waals surface area contributed by atoms with Crippen LogP contribution in [0.2, 0.25) is 0 Å². The molecule has 1 rings (SSSR count). The Morgan fingerprint density at radius 2 is 1.81 bits per heavy atom. The first-order valence-corrected chi connectivity index (χ1v) is 5.63. The maximum atomic E-state index is 11.6. The van der Waals surface area contributed by atoms with Gasteiger partial charge in [0.1, 0.15) is 0 Å². The van der Waals surface area contributed by atoms with E-state index in [0.717, 1.165) is 12.0 Å². The van der Waals surface area contributed by atoms with Gasteiger partial charge in [-0.15, -0.1) is 0 Å². The highest BCUT2D eigenvalue weighted by atomic mass is 16.2. The first-order valence-electron chi connectivity index (χ1n) is 5.63. The summed E-state index contributed by atoms with van der Waals surface area (Å²) < 4.78 is 0. The number of aryl methyl sites for hydroxylation is 1. The predicted octanol–water partition coefficient (Wildman–Crippen LogP) is 1.55. The third-order valence-corrected chi connectivity index (χ3v) is 2.62. The third kappa shape index (κ3) is 3.35. The van der Waals surface area contributed by atoms with Gasteiger partial charge in [0.25, 0.3) is 0 Å². The number of carbonyl (C=O) groups excluding carboxylic acids is 1. The average molecular weight is 220 g/mol. The maximum Gasteiger partial charge on any atom is 0.239 e. The van der Waals surface area contributed by atoms with Gasteiger partial charge in [-0.3, -0.25) is 4.79 Å². The molecule has 3 heteroatoms. The number of nitrogens with two attached hydrogens (primary N) is 1. The summed E-state index contributed by atoms with van der Waals surface area (Å²) in [5.41, 5.74) is 7.99. The van der Waals surface area contributed by atoms with Gasteiger partial charge in [-0.05, 0) is 24.5 Å².